The van der Waals surface area contributed by atoms with Crippen LogP contribution in [0, 0.1) is 43.3 Å². The second-order valence-corrected chi connectivity index (χ2v) is 23.9. The molecule has 0 aliphatic heterocycles. The molecule has 0 saturated carbocycles. The number of hydrogen-bond acceptors (Lipinski definition) is 0. The maximum atomic E-state index is 2.32. The van der Waals surface area contributed by atoms with E-state index in [2.05, 4.69) is 166 Å². The Morgan fingerprint density at radius 1 is 0.174 bits per heavy atom. The van der Waals surface area contributed by atoms with Gasteiger partial charge in [-0.25, -0.2) is 0 Å². The lowest BCUT2D eigenvalue weighted by Crippen LogP contribution is -2.12. The zero-order chi connectivity index (χ0) is 36.5. The molecule has 0 fully saturated rings. The minimum Gasteiger partial charge on any atom is -0.269 e. The van der Waals surface area contributed by atoms with Crippen molar-refractivity contribution >= 4 is 0 Å². The highest BCUT2D eigenvalue weighted by Crippen LogP contribution is 2.30. The maximum Gasteiger partial charge on any atom is -0.0382 e. The number of rotatable bonds is 8. The minimum atomic E-state index is 0. The summed E-state index contributed by atoms with van der Waals surface area (Å²) in [5.41, 5.74) is 4.14. The molecule has 2 heteroatoms. The van der Waals surface area contributed by atoms with E-state index in [0.717, 1.165) is 0 Å². The summed E-state index contributed by atoms with van der Waals surface area (Å²) in [5, 5.41) is 0. The first-order chi connectivity index (χ1) is 18.8. The van der Waals surface area contributed by atoms with E-state index in [1.54, 1.807) is 0 Å². The predicted molar refractivity (Wildman–Crippen MR) is 216 cm³/mol. The van der Waals surface area contributed by atoms with Crippen LogP contribution in [0.3, 0.4) is 0 Å². The van der Waals surface area contributed by atoms with Gasteiger partial charge in [-0.2, -0.15) is 0 Å². The Morgan fingerprint density at radius 2 is 0.283 bits per heavy atom. The minimum absolute atomic E-state index is 0. The fourth-order valence-electron chi connectivity index (χ4n) is 4.36. The molecule has 288 valence electrons. The van der Waals surface area contributed by atoms with Crippen molar-refractivity contribution in [3.8, 4) is 0 Å². The molecule has 46 heavy (non-hydrogen) atoms. The van der Waals surface area contributed by atoms with Gasteiger partial charge in [0.2, 0.25) is 0 Å². The van der Waals surface area contributed by atoms with Crippen molar-refractivity contribution in [3.63, 3.8) is 0 Å². The van der Waals surface area contributed by atoms with Crippen LogP contribution in [0.4, 0.5) is 9.41 Å². The molecule has 0 heterocycles. The highest BCUT2D eigenvalue weighted by Gasteiger charge is 2.17. The lowest BCUT2D eigenvalue weighted by molar-refractivity contribution is 0.275. The summed E-state index contributed by atoms with van der Waals surface area (Å²) in [4.78, 5) is 0. The third-order valence-corrected chi connectivity index (χ3v) is 7.44. The van der Waals surface area contributed by atoms with Gasteiger partial charge < -0.3 is 0 Å². The normalized spacial score (nSPS) is 13.0. The van der Waals surface area contributed by atoms with Crippen LogP contribution in [0.2, 0.25) is 0 Å². The van der Waals surface area contributed by atoms with E-state index in [9.17, 15) is 0 Å². The predicted octanol–water partition coefficient (Wildman–Crippen LogP) is 17.3. The highest BCUT2D eigenvalue weighted by molar-refractivity contribution is 4.69. The lowest BCUT2D eigenvalue weighted by Gasteiger charge is -2.24. The molecule has 0 aromatic rings. The van der Waals surface area contributed by atoms with Crippen LogP contribution in [0.25, 0.3) is 0 Å². The smallest absolute Gasteiger partial charge is 0.0382 e. The molecule has 0 nitrogen and oxygen atoms in total. The van der Waals surface area contributed by atoms with Gasteiger partial charge in [0.1, 0.15) is 0 Å². The van der Waals surface area contributed by atoms with Crippen LogP contribution in [0.5, 0.6) is 0 Å². The van der Waals surface area contributed by atoms with Crippen molar-refractivity contribution < 1.29 is 9.41 Å². The maximum absolute atomic E-state index is 2.32. The van der Waals surface area contributed by atoms with Crippen molar-refractivity contribution in [2.24, 2.45) is 43.3 Å². The summed E-state index contributed by atoms with van der Waals surface area (Å²) in [6.07, 6.45) is 16.3. The lowest BCUT2D eigenvalue weighted by atomic mass is 9.81. The van der Waals surface area contributed by atoms with E-state index >= 15 is 0 Å². The van der Waals surface area contributed by atoms with Gasteiger partial charge in [0.25, 0.3) is 0 Å². The molecule has 0 rings (SSSR count). The molecule has 0 aromatic carbocycles. The van der Waals surface area contributed by atoms with E-state index in [1.807, 2.05) is 0 Å². The van der Waals surface area contributed by atoms with Crippen molar-refractivity contribution in [2.75, 3.05) is 0 Å². The van der Waals surface area contributed by atoms with Gasteiger partial charge in [0, 0.05) is 0 Å². The van der Waals surface area contributed by atoms with E-state index in [0.29, 0.717) is 43.3 Å². The quantitative estimate of drug-likeness (QED) is 0.227. The topological polar surface area (TPSA) is 0 Å². The number of halogens is 2. The second kappa shape index (κ2) is 24.1. The molecular weight excluding hydrogens is 566 g/mol. The number of unbranched alkanes of at least 4 members (excludes halogenated alkanes) is 1. The molecule has 0 aromatic heterocycles. The molecule has 0 N–H and O–H groups in total. The monoisotopic (exact) mass is 665 g/mol. The van der Waals surface area contributed by atoms with Gasteiger partial charge in [-0.1, -0.05) is 192 Å². The first kappa shape index (κ1) is 58.1. The van der Waals surface area contributed by atoms with E-state index in [1.165, 1.54) is 77.0 Å². The van der Waals surface area contributed by atoms with Crippen LogP contribution in [-0.4, -0.2) is 0 Å². The first-order valence-corrected chi connectivity index (χ1v) is 18.8. The van der Waals surface area contributed by atoms with Crippen molar-refractivity contribution in [1.29, 1.82) is 0 Å². The summed E-state index contributed by atoms with van der Waals surface area (Å²) in [7, 11) is 0. The van der Waals surface area contributed by atoms with Crippen molar-refractivity contribution in [2.45, 2.75) is 243 Å². The van der Waals surface area contributed by atoms with Crippen LogP contribution < -0.4 is 0 Å². The average Bonchev–Trinajstić information content (AvgIpc) is 2.65. The second-order valence-electron chi connectivity index (χ2n) is 23.9. The summed E-state index contributed by atoms with van der Waals surface area (Å²) in [6.45, 7) is 55.5. The van der Waals surface area contributed by atoms with Gasteiger partial charge in [-0.3, -0.25) is 9.41 Å². The zero-order valence-corrected chi connectivity index (χ0v) is 37.3. The molecule has 0 bridgehead atoms. The first-order valence-electron chi connectivity index (χ1n) is 18.8. The third kappa shape index (κ3) is 79.4. The fraction of sp³-hybridized carbons (Fsp3) is 1.00. The van der Waals surface area contributed by atoms with Crippen LogP contribution in [0.1, 0.15) is 243 Å². The molecule has 0 radical (unpaired) electrons. The van der Waals surface area contributed by atoms with E-state index in [-0.39, 0.29) is 9.41 Å². The Balaban J connectivity index is -0.000000114. The molecule has 0 amide bonds. The molecule has 0 spiro atoms. The zero-order valence-electron chi connectivity index (χ0n) is 37.3. The van der Waals surface area contributed by atoms with Gasteiger partial charge >= 0.3 is 0 Å². The van der Waals surface area contributed by atoms with Gasteiger partial charge in [-0.15, -0.1) is 0 Å². The summed E-state index contributed by atoms with van der Waals surface area (Å²) in [5.74, 6) is 0. The van der Waals surface area contributed by atoms with Crippen molar-refractivity contribution in [1.82, 2.24) is 0 Å². The molecule has 0 aliphatic rings. The van der Waals surface area contributed by atoms with E-state index < -0.39 is 0 Å². The van der Waals surface area contributed by atoms with Gasteiger partial charge in [0.15, 0.2) is 0 Å². The highest BCUT2D eigenvalue weighted by atomic mass is 19.0. The van der Waals surface area contributed by atoms with Crippen molar-refractivity contribution in [3.05, 3.63) is 0 Å². The Labute approximate surface area is 295 Å². The summed E-state index contributed by atoms with van der Waals surface area (Å²) in [6, 6.07) is 0. The summed E-state index contributed by atoms with van der Waals surface area (Å²) < 4.78 is 0. The Bertz CT molecular complexity index is 557. The Hall–Kier alpha value is -0.140. The Kier molecular flexibility index (Phi) is 30.4. The number of hydrogen-bond donors (Lipinski definition) is 0. The van der Waals surface area contributed by atoms with E-state index in [4.69, 9.17) is 0 Å². The summed E-state index contributed by atoms with van der Waals surface area (Å²) >= 11 is 0. The molecule has 0 atom stereocenters. The molecule has 0 aliphatic carbocycles. The third-order valence-electron chi connectivity index (χ3n) is 7.44. The molecule has 0 saturated heterocycles. The van der Waals surface area contributed by atoms with Crippen LogP contribution in [0.15, 0.2) is 0 Å². The largest absolute Gasteiger partial charge is 0.269 e. The molecular formula is C44H98F2. The van der Waals surface area contributed by atoms with Gasteiger partial charge in [-0.05, 0) is 94.7 Å². The SMILES string of the molecule is CC(C)(C)CCC(C)(C)C.CC(C)(C)CCCC(C)(C)C.CC(C)(C)CCCC(C)(C)C.CC(C)(C)CCCCC(C)(C)C.F.F. The average molecular weight is 665 g/mol. The van der Waals surface area contributed by atoms with Gasteiger partial charge in [0.05, 0.1) is 0 Å². The van der Waals surface area contributed by atoms with Crippen LogP contribution >= 0.6 is 0 Å². The standard InChI is InChI=1S/C12H26.2C11H24.C10H22.2FH/c1-11(2,3)9-7-8-10-12(4,5)6;2*1-10(2,3)8-7-9-11(4,5)6;1-9(2,3)7-8-10(4,5)6;;/h7-10H2,1-6H3;2*7-9H2,1-6H3;7-8H2,1-6H3;2*1H. The Morgan fingerprint density at radius 3 is 0.391 bits per heavy atom. The fourth-order valence-corrected chi connectivity index (χ4v) is 4.36. The van der Waals surface area contributed by atoms with Crippen LogP contribution in [-0.2, 0) is 0 Å². The molecule has 0 unspecified atom stereocenters.